The SMILES string of the molecule is CCCOCC[NH+](C)CCC(=O)O. The molecule has 0 aromatic heterocycles. The van der Waals surface area contributed by atoms with Crippen LogP contribution in [-0.2, 0) is 9.53 Å². The fraction of sp³-hybridized carbons (Fsp3) is 0.889. The number of ether oxygens (including phenoxy) is 1. The van der Waals surface area contributed by atoms with Gasteiger partial charge in [0.25, 0.3) is 0 Å². The van der Waals surface area contributed by atoms with E-state index in [2.05, 4.69) is 6.92 Å². The Labute approximate surface area is 79.5 Å². The number of quaternary nitrogens is 1. The van der Waals surface area contributed by atoms with Crippen molar-refractivity contribution in [2.75, 3.05) is 33.4 Å². The number of carboxylic acid groups (broad SMARTS) is 1. The molecular weight excluding hydrogens is 170 g/mol. The Morgan fingerprint density at radius 1 is 1.38 bits per heavy atom. The number of rotatable bonds is 8. The lowest BCUT2D eigenvalue weighted by atomic mass is 10.4. The maximum absolute atomic E-state index is 10.2. The highest BCUT2D eigenvalue weighted by atomic mass is 16.5. The maximum atomic E-state index is 10.2. The Balaban J connectivity index is 3.19. The fourth-order valence-electron chi connectivity index (χ4n) is 0.938. The standard InChI is InChI=1S/C9H19NO3/c1-3-7-13-8-6-10(2)5-4-9(11)12/h3-8H2,1-2H3,(H,11,12)/p+1. The minimum Gasteiger partial charge on any atom is -0.481 e. The van der Waals surface area contributed by atoms with E-state index in [1.54, 1.807) is 0 Å². The zero-order valence-electron chi connectivity index (χ0n) is 8.51. The number of carboxylic acids is 1. The maximum Gasteiger partial charge on any atom is 0.309 e. The monoisotopic (exact) mass is 190 g/mol. The van der Waals surface area contributed by atoms with Gasteiger partial charge in [0, 0.05) is 6.61 Å². The van der Waals surface area contributed by atoms with Gasteiger partial charge in [-0.05, 0) is 6.42 Å². The number of likely N-dealkylation sites (N-methyl/N-ethyl adjacent to an activating group) is 1. The van der Waals surface area contributed by atoms with E-state index in [1.807, 2.05) is 7.05 Å². The number of aliphatic carboxylic acids is 1. The zero-order chi connectivity index (χ0) is 10.1. The Morgan fingerprint density at radius 3 is 2.62 bits per heavy atom. The highest BCUT2D eigenvalue weighted by Crippen LogP contribution is 1.77. The molecule has 0 radical (unpaired) electrons. The normalized spacial score (nSPS) is 12.8. The van der Waals surface area contributed by atoms with Gasteiger partial charge in [-0.15, -0.1) is 0 Å². The Morgan fingerprint density at radius 2 is 2.08 bits per heavy atom. The second kappa shape index (κ2) is 8.01. The number of hydrogen-bond donors (Lipinski definition) is 2. The lowest BCUT2D eigenvalue weighted by Gasteiger charge is -2.12. The second-order valence-electron chi connectivity index (χ2n) is 3.21. The van der Waals surface area contributed by atoms with Crippen molar-refractivity contribution in [2.24, 2.45) is 0 Å². The summed E-state index contributed by atoms with van der Waals surface area (Å²) < 4.78 is 5.29. The molecule has 0 spiro atoms. The van der Waals surface area contributed by atoms with Gasteiger partial charge in [-0.2, -0.15) is 0 Å². The number of nitrogens with one attached hydrogen (secondary N) is 1. The van der Waals surface area contributed by atoms with Crippen LogP contribution in [0.3, 0.4) is 0 Å². The Bertz CT molecular complexity index is 139. The minimum atomic E-state index is -0.728. The first-order valence-corrected chi connectivity index (χ1v) is 4.77. The molecule has 0 fully saturated rings. The lowest BCUT2D eigenvalue weighted by Crippen LogP contribution is -3.09. The smallest absolute Gasteiger partial charge is 0.309 e. The Hall–Kier alpha value is -0.610. The van der Waals surface area contributed by atoms with E-state index >= 15 is 0 Å². The summed E-state index contributed by atoms with van der Waals surface area (Å²) in [5, 5.41) is 8.43. The van der Waals surface area contributed by atoms with Gasteiger partial charge in [0.1, 0.15) is 6.54 Å². The zero-order valence-corrected chi connectivity index (χ0v) is 8.51. The van der Waals surface area contributed by atoms with Crippen LogP contribution in [0.15, 0.2) is 0 Å². The molecule has 0 aromatic carbocycles. The second-order valence-corrected chi connectivity index (χ2v) is 3.21. The number of carbonyl (C=O) groups is 1. The van der Waals surface area contributed by atoms with Crippen LogP contribution in [-0.4, -0.2) is 44.4 Å². The first-order chi connectivity index (χ1) is 6.16. The first-order valence-electron chi connectivity index (χ1n) is 4.77. The molecule has 0 amide bonds. The molecule has 0 aliphatic heterocycles. The predicted octanol–water partition coefficient (Wildman–Crippen LogP) is -0.598. The van der Waals surface area contributed by atoms with E-state index in [-0.39, 0.29) is 6.42 Å². The summed E-state index contributed by atoms with van der Waals surface area (Å²) in [6.45, 7) is 5.14. The topological polar surface area (TPSA) is 51.0 Å². The van der Waals surface area contributed by atoms with Crippen molar-refractivity contribution < 1.29 is 19.5 Å². The van der Waals surface area contributed by atoms with Crippen LogP contribution in [0.4, 0.5) is 0 Å². The molecule has 2 N–H and O–H groups in total. The van der Waals surface area contributed by atoms with Crippen molar-refractivity contribution in [1.29, 1.82) is 0 Å². The first kappa shape index (κ1) is 12.4. The van der Waals surface area contributed by atoms with Crippen LogP contribution in [0.5, 0.6) is 0 Å². The molecule has 1 atom stereocenters. The molecule has 0 rings (SSSR count). The lowest BCUT2D eigenvalue weighted by molar-refractivity contribution is -0.879. The van der Waals surface area contributed by atoms with Gasteiger partial charge >= 0.3 is 5.97 Å². The molecule has 13 heavy (non-hydrogen) atoms. The molecule has 1 unspecified atom stereocenters. The van der Waals surface area contributed by atoms with E-state index in [9.17, 15) is 4.79 Å². The predicted molar refractivity (Wildman–Crippen MR) is 50.0 cm³/mol. The van der Waals surface area contributed by atoms with Gasteiger partial charge in [-0.1, -0.05) is 6.92 Å². The number of hydrogen-bond acceptors (Lipinski definition) is 2. The molecule has 0 bridgehead atoms. The highest BCUT2D eigenvalue weighted by molar-refractivity contribution is 5.66. The Kier molecular flexibility index (Phi) is 7.63. The van der Waals surface area contributed by atoms with Gasteiger partial charge in [0.05, 0.1) is 26.6 Å². The summed E-state index contributed by atoms with van der Waals surface area (Å²) in [4.78, 5) is 11.4. The van der Waals surface area contributed by atoms with Crippen molar-refractivity contribution in [3.05, 3.63) is 0 Å². The van der Waals surface area contributed by atoms with E-state index in [0.717, 1.165) is 26.2 Å². The third-order valence-corrected chi connectivity index (χ3v) is 1.79. The summed E-state index contributed by atoms with van der Waals surface area (Å²) >= 11 is 0. The van der Waals surface area contributed by atoms with E-state index in [0.29, 0.717) is 6.54 Å². The molecule has 0 heterocycles. The van der Waals surface area contributed by atoms with E-state index < -0.39 is 5.97 Å². The minimum absolute atomic E-state index is 0.236. The summed E-state index contributed by atoms with van der Waals surface area (Å²) in [6, 6.07) is 0. The molecular formula is C9H20NO3+. The van der Waals surface area contributed by atoms with Crippen molar-refractivity contribution in [1.82, 2.24) is 0 Å². The molecule has 0 aromatic rings. The van der Waals surface area contributed by atoms with Crippen molar-refractivity contribution >= 4 is 5.97 Å². The van der Waals surface area contributed by atoms with E-state index in [4.69, 9.17) is 9.84 Å². The molecule has 4 heteroatoms. The molecule has 0 saturated heterocycles. The van der Waals surface area contributed by atoms with Gasteiger partial charge in [0.15, 0.2) is 0 Å². The third kappa shape index (κ3) is 9.30. The van der Waals surface area contributed by atoms with Gasteiger partial charge < -0.3 is 14.7 Å². The average Bonchev–Trinajstić information content (AvgIpc) is 2.09. The van der Waals surface area contributed by atoms with Crippen LogP contribution >= 0.6 is 0 Å². The molecule has 0 aliphatic carbocycles. The molecule has 0 aliphatic rings. The summed E-state index contributed by atoms with van der Waals surface area (Å²) in [5.41, 5.74) is 0. The van der Waals surface area contributed by atoms with Gasteiger partial charge in [-0.25, -0.2) is 0 Å². The third-order valence-electron chi connectivity index (χ3n) is 1.79. The van der Waals surface area contributed by atoms with Crippen LogP contribution in [0.25, 0.3) is 0 Å². The average molecular weight is 190 g/mol. The van der Waals surface area contributed by atoms with Crippen LogP contribution in [0.1, 0.15) is 19.8 Å². The van der Waals surface area contributed by atoms with Crippen molar-refractivity contribution in [3.8, 4) is 0 Å². The molecule has 78 valence electrons. The highest BCUT2D eigenvalue weighted by Gasteiger charge is 2.04. The van der Waals surface area contributed by atoms with Gasteiger partial charge in [0.2, 0.25) is 0 Å². The van der Waals surface area contributed by atoms with Crippen LogP contribution in [0.2, 0.25) is 0 Å². The summed E-state index contributed by atoms with van der Waals surface area (Å²) in [6.07, 6.45) is 1.27. The van der Waals surface area contributed by atoms with Crippen molar-refractivity contribution in [2.45, 2.75) is 19.8 Å². The summed E-state index contributed by atoms with van der Waals surface area (Å²) in [7, 11) is 1.98. The van der Waals surface area contributed by atoms with Crippen LogP contribution in [0, 0.1) is 0 Å². The van der Waals surface area contributed by atoms with Crippen LogP contribution < -0.4 is 4.90 Å². The largest absolute Gasteiger partial charge is 0.481 e. The fourth-order valence-corrected chi connectivity index (χ4v) is 0.938. The van der Waals surface area contributed by atoms with Crippen molar-refractivity contribution in [3.63, 3.8) is 0 Å². The summed E-state index contributed by atoms with van der Waals surface area (Å²) in [5.74, 6) is -0.728. The quantitative estimate of drug-likeness (QED) is 0.503. The molecule has 4 nitrogen and oxygen atoms in total. The van der Waals surface area contributed by atoms with Gasteiger partial charge in [-0.3, -0.25) is 4.79 Å². The van der Waals surface area contributed by atoms with E-state index in [1.165, 1.54) is 4.90 Å². The molecule has 0 saturated carbocycles.